The first-order chi connectivity index (χ1) is 11.1. The number of nitriles is 1. The van der Waals surface area contributed by atoms with Crippen LogP contribution in [0.4, 0.5) is 11.5 Å². The predicted molar refractivity (Wildman–Crippen MR) is 93.6 cm³/mol. The number of anilines is 2. The summed E-state index contributed by atoms with van der Waals surface area (Å²) in [6, 6.07) is 12.5. The first-order valence-electron chi connectivity index (χ1n) is 7.96. The molecule has 1 aromatic heterocycles. The molecule has 2 aromatic rings. The summed E-state index contributed by atoms with van der Waals surface area (Å²) < 4.78 is 2.05. The van der Waals surface area contributed by atoms with Gasteiger partial charge in [0.15, 0.2) is 0 Å². The number of nitrogens with zero attached hydrogens (tertiary/aromatic N) is 4. The lowest BCUT2D eigenvalue weighted by Gasteiger charge is -2.35. The van der Waals surface area contributed by atoms with Crippen LogP contribution in [0.2, 0.25) is 0 Å². The Balaban J connectivity index is 1.94. The molecule has 1 aliphatic rings. The summed E-state index contributed by atoms with van der Waals surface area (Å²) in [7, 11) is 2.13. The van der Waals surface area contributed by atoms with Gasteiger partial charge in [-0.25, -0.2) is 0 Å². The smallest absolute Gasteiger partial charge is 0.133 e. The number of rotatable bonds is 3. The van der Waals surface area contributed by atoms with Crippen LogP contribution in [0.25, 0.3) is 0 Å². The van der Waals surface area contributed by atoms with Crippen molar-refractivity contribution in [1.82, 2.24) is 9.47 Å². The summed E-state index contributed by atoms with van der Waals surface area (Å²) in [4.78, 5) is 4.61. The van der Waals surface area contributed by atoms with Gasteiger partial charge in [0.1, 0.15) is 17.6 Å². The summed E-state index contributed by atoms with van der Waals surface area (Å²) in [5, 5.41) is 9.47. The van der Waals surface area contributed by atoms with Crippen LogP contribution in [-0.4, -0.2) is 42.7 Å². The second-order valence-corrected chi connectivity index (χ2v) is 6.28. The molecule has 120 valence electrons. The summed E-state index contributed by atoms with van der Waals surface area (Å²) in [6.07, 6.45) is 0. The van der Waals surface area contributed by atoms with Crippen molar-refractivity contribution in [2.24, 2.45) is 0 Å². The second-order valence-electron chi connectivity index (χ2n) is 6.28. The van der Waals surface area contributed by atoms with E-state index in [-0.39, 0.29) is 0 Å². The minimum Gasteiger partial charge on any atom is -0.396 e. The Hall–Kier alpha value is -2.45. The number of benzene rings is 1. The van der Waals surface area contributed by atoms with Gasteiger partial charge in [-0.2, -0.15) is 5.26 Å². The van der Waals surface area contributed by atoms with Crippen molar-refractivity contribution in [2.75, 3.05) is 43.9 Å². The van der Waals surface area contributed by atoms with E-state index < -0.39 is 0 Å². The number of hydrogen-bond acceptors (Lipinski definition) is 4. The van der Waals surface area contributed by atoms with Crippen LogP contribution in [0.5, 0.6) is 0 Å². The molecule has 5 nitrogen and oxygen atoms in total. The molecular weight excluding hydrogens is 286 g/mol. The normalized spacial score (nSPS) is 15.6. The molecule has 2 heterocycles. The van der Waals surface area contributed by atoms with Gasteiger partial charge in [-0.1, -0.05) is 29.8 Å². The van der Waals surface area contributed by atoms with E-state index in [9.17, 15) is 5.26 Å². The summed E-state index contributed by atoms with van der Waals surface area (Å²) in [5.41, 5.74) is 9.96. The topological polar surface area (TPSA) is 61.2 Å². The van der Waals surface area contributed by atoms with Gasteiger partial charge in [-0.05, 0) is 25.6 Å². The molecule has 0 aliphatic carbocycles. The first kappa shape index (κ1) is 15.4. The van der Waals surface area contributed by atoms with E-state index in [0.29, 0.717) is 17.9 Å². The molecule has 0 radical (unpaired) electrons. The van der Waals surface area contributed by atoms with E-state index >= 15 is 0 Å². The van der Waals surface area contributed by atoms with Gasteiger partial charge in [0.05, 0.1) is 12.2 Å². The summed E-state index contributed by atoms with van der Waals surface area (Å²) in [6.45, 7) is 6.64. The third-order valence-corrected chi connectivity index (χ3v) is 4.48. The molecule has 0 spiro atoms. The summed E-state index contributed by atoms with van der Waals surface area (Å²) in [5.74, 6) is 0.982. The molecule has 1 saturated heterocycles. The molecule has 1 aliphatic heterocycles. The number of aryl methyl sites for hydroxylation is 1. The van der Waals surface area contributed by atoms with Crippen LogP contribution < -0.4 is 10.6 Å². The van der Waals surface area contributed by atoms with E-state index in [1.54, 1.807) is 6.07 Å². The molecule has 0 unspecified atom stereocenters. The standard InChI is InChI=1S/C18H23N5/c1-14-3-5-15(6-4-14)13-23-16(12-19)11-17(20)18(23)22-9-7-21(2)8-10-22/h3-6,11H,7-10,13,20H2,1-2H3. The highest BCUT2D eigenvalue weighted by Gasteiger charge is 2.22. The van der Waals surface area contributed by atoms with Crippen molar-refractivity contribution in [1.29, 1.82) is 5.26 Å². The van der Waals surface area contributed by atoms with Crippen LogP contribution in [0.1, 0.15) is 16.8 Å². The van der Waals surface area contributed by atoms with Gasteiger partial charge < -0.3 is 20.1 Å². The zero-order valence-electron chi connectivity index (χ0n) is 13.8. The molecule has 5 heteroatoms. The number of nitrogen functional groups attached to an aromatic ring is 1. The fraction of sp³-hybridized carbons (Fsp3) is 0.389. The number of likely N-dealkylation sites (N-methyl/N-ethyl adjacent to an activating group) is 1. The SMILES string of the molecule is Cc1ccc(Cn2c(C#N)cc(N)c2N2CCN(C)CC2)cc1. The van der Waals surface area contributed by atoms with Gasteiger partial charge in [-0.3, -0.25) is 0 Å². The number of nitrogens with two attached hydrogens (primary N) is 1. The average molecular weight is 309 g/mol. The number of hydrogen-bond donors (Lipinski definition) is 1. The molecule has 0 atom stereocenters. The van der Waals surface area contributed by atoms with Gasteiger partial charge in [0, 0.05) is 26.2 Å². The Kier molecular flexibility index (Phi) is 4.26. The molecule has 0 bridgehead atoms. The molecule has 1 fully saturated rings. The van der Waals surface area contributed by atoms with E-state index in [0.717, 1.165) is 32.0 Å². The van der Waals surface area contributed by atoms with Crippen molar-refractivity contribution in [3.8, 4) is 6.07 Å². The van der Waals surface area contributed by atoms with Crippen molar-refractivity contribution < 1.29 is 0 Å². The van der Waals surface area contributed by atoms with Gasteiger partial charge >= 0.3 is 0 Å². The Morgan fingerprint density at radius 2 is 1.78 bits per heavy atom. The van der Waals surface area contributed by atoms with Crippen molar-refractivity contribution in [2.45, 2.75) is 13.5 Å². The maximum atomic E-state index is 9.47. The van der Waals surface area contributed by atoms with Crippen LogP contribution in [0, 0.1) is 18.3 Å². The first-order valence-corrected chi connectivity index (χ1v) is 7.96. The minimum absolute atomic E-state index is 0.622. The third-order valence-electron chi connectivity index (χ3n) is 4.48. The Labute approximate surface area is 137 Å². The fourth-order valence-electron chi connectivity index (χ4n) is 3.06. The summed E-state index contributed by atoms with van der Waals surface area (Å²) >= 11 is 0. The van der Waals surface area contributed by atoms with Crippen molar-refractivity contribution >= 4 is 11.5 Å². The zero-order chi connectivity index (χ0) is 16.4. The van der Waals surface area contributed by atoms with Gasteiger partial charge in [0.2, 0.25) is 0 Å². The lowest BCUT2D eigenvalue weighted by Crippen LogP contribution is -2.45. The maximum absolute atomic E-state index is 9.47. The van der Waals surface area contributed by atoms with E-state index in [1.165, 1.54) is 11.1 Å². The quantitative estimate of drug-likeness (QED) is 0.942. The zero-order valence-corrected chi connectivity index (χ0v) is 13.8. The molecule has 0 amide bonds. The second kappa shape index (κ2) is 6.35. The molecule has 3 rings (SSSR count). The molecule has 1 aromatic carbocycles. The molecule has 0 saturated carbocycles. The monoisotopic (exact) mass is 309 g/mol. The molecular formula is C18H23N5. The molecule has 23 heavy (non-hydrogen) atoms. The Morgan fingerprint density at radius 1 is 1.13 bits per heavy atom. The van der Waals surface area contributed by atoms with Crippen LogP contribution >= 0.6 is 0 Å². The lowest BCUT2D eigenvalue weighted by atomic mass is 10.1. The van der Waals surface area contributed by atoms with Gasteiger partial charge in [0.25, 0.3) is 0 Å². The van der Waals surface area contributed by atoms with Gasteiger partial charge in [-0.15, -0.1) is 0 Å². The fourth-order valence-corrected chi connectivity index (χ4v) is 3.06. The Morgan fingerprint density at radius 3 is 2.39 bits per heavy atom. The van der Waals surface area contributed by atoms with E-state index in [4.69, 9.17) is 5.73 Å². The van der Waals surface area contributed by atoms with E-state index in [2.05, 4.69) is 54.1 Å². The number of piperazine rings is 1. The van der Waals surface area contributed by atoms with E-state index in [1.807, 2.05) is 4.57 Å². The van der Waals surface area contributed by atoms with Crippen molar-refractivity contribution in [3.05, 3.63) is 47.2 Å². The largest absolute Gasteiger partial charge is 0.396 e. The van der Waals surface area contributed by atoms with Crippen LogP contribution in [-0.2, 0) is 6.54 Å². The number of aromatic nitrogens is 1. The average Bonchev–Trinajstić information content (AvgIpc) is 2.86. The highest BCUT2D eigenvalue weighted by Crippen LogP contribution is 2.29. The maximum Gasteiger partial charge on any atom is 0.133 e. The van der Waals surface area contributed by atoms with Crippen LogP contribution in [0.3, 0.4) is 0 Å². The third kappa shape index (κ3) is 3.17. The highest BCUT2D eigenvalue weighted by atomic mass is 15.3. The molecule has 2 N–H and O–H groups in total. The predicted octanol–water partition coefficient (Wildman–Crippen LogP) is 2.05. The lowest BCUT2D eigenvalue weighted by molar-refractivity contribution is 0.311. The minimum atomic E-state index is 0.622. The highest BCUT2D eigenvalue weighted by molar-refractivity contribution is 5.68. The van der Waals surface area contributed by atoms with Crippen LogP contribution in [0.15, 0.2) is 30.3 Å². The Bertz CT molecular complexity index is 715. The van der Waals surface area contributed by atoms with Crippen molar-refractivity contribution in [3.63, 3.8) is 0 Å².